The number of nitrogens with zero attached hydrogens (tertiary/aromatic N) is 2. The summed E-state index contributed by atoms with van der Waals surface area (Å²) in [5.74, 6) is 1.18. The molecular formula is C24H19IN2O3S. The fourth-order valence-electron chi connectivity index (χ4n) is 3.14. The van der Waals surface area contributed by atoms with Crippen molar-refractivity contribution in [3.05, 3.63) is 86.8 Å². The minimum Gasteiger partial charge on any atom is -0.493 e. The molecule has 3 aromatic rings. The first-order chi connectivity index (χ1) is 15.1. The first-order valence-corrected chi connectivity index (χ1v) is 11.3. The normalized spacial score (nSPS) is 16.2. The molecule has 0 unspecified atom stereocenters. The van der Waals surface area contributed by atoms with E-state index in [1.807, 2.05) is 78.9 Å². The predicted molar refractivity (Wildman–Crippen MR) is 135 cm³/mol. The summed E-state index contributed by atoms with van der Waals surface area (Å²) in [6.07, 6.45) is 1.86. The van der Waals surface area contributed by atoms with Gasteiger partial charge in [0.1, 0.15) is 0 Å². The van der Waals surface area contributed by atoms with Crippen LogP contribution in [0.1, 0.15) is 5.56 Å². The molecule has 0 atom stereocenters. The van der Waals surface area contributed by atoms with E-state index >= 15 is 0 Å². The molecule has 0 aliphatic carbocycles. The van der Waals surface area contributed by atoms with Gasteiger partial charge in [0.15, 0.2) is 16.7 Å². The smallest absolute Gasteiger partial charge is 0.271 e. The zero-order valence-corrected chi connectivity index (χ0v) is 19.9. The van der Waals surface area contributed by atoms with Gasteiger partial charge in [0, 0.05) is 0 Å². The van der Waals surface area contributed by atoms with Crippen LogP contribution in [0, 0.1) is 3.57 Å². The summed E-state index contributed by atoms with van der Waals surface area (Å²) in [4.78, 5) is 20.3. The number of hydrogen-bond donors (Lipinski definition) is 0. The number of hydrogen-bond acceptors (Lipinski definition) is 5. The molecule has 7 heteroatoms. The van der Waals surface area contributed by atoms with Crippen LogP contribution < -0.4 is 14.4 Å². The van der Waals surface area contributed by atoms with Crippen molar-refractivity contribution in [2.75, 3.05) is 19.1 Å². The van der Waals surface area contributed by atoms with Crippen molar-refractivity contribution in [1.82, 2.24) is 0 Å². The van der Waals surface area contributed by atoms with E-state index in [4.69, 9.17) is 14.5 Å². The van der Waals surface area contributed by atoms with Gasteiger partial charge in [-0.25, -0.2) is 4.99 Å². The summed E-state index contributed by atoms with van der Waals surface area (Å²) >= 11 is 3.55. The Morgan fingerprint density at radius 1 is 0.968 bits per heavy atom. The molecule has 0 bridgehead atoms. The quantitative estimate of drug-likeness (QED) is 0.288. The highest BCUT2D eigenvalue weighted by atomic mass is 127. The second-order valence-electron chi connectivity index (χ2n) is 6.55. The number of amides is 1. The van der Waals surface area contributed by atoms with Crippen molar-refractivity contribution in [2.45, 2.75) is 0 Å². The van der Waals surface area contributed by atoms with Gasteiger partial charge in [-0.1, -0.05) is 36.4 Å². The number of carbonyl (C=O) groups is 1. The van der Waals surface area contributed by atoms with Gasteiger partial charge in [0.2, 0.25) is 0 Å². The predicted octanol–water partition coefficient (Wildman–Crippen LogP) is 6.12. The number of anilines is 1. The van der Waals surface area contributed by atoms with E-state index in [1.165, 1.54) is 11.8 Å². The second-order valence-corrected chi connectivity index (χ2v) is 8.73. The summed E-state index contributed by atoms with van der Waals surface area (Å²) in [5, 5.41) is 0.615. The zero-order chi connectivity index (χ0) is 21.8. The molecule has 0 radical (unpaired) electrons. The maximum absolute atomic E-state index is 13.4. The first kappa shape index (κ1) is 21.5. The SMILES string of the molecule is COc1cc(/C=C2\SC(=Nc3ccccc3)N(c3ccccc3)C2=O)cc(I)c1OC. The molecule has 1 amide bonds. The molecule has 31 heavy (non-hydrogen) atoms. The fourth-order valence-corrected chi connectivity index (χ4v) is 4.99. The van der Waals surface area contributed by atoms with E-state index < -0.39 is 0 Å². The van der Waals surface area contributed by atoms with Crippen LogP contribution in [0.5, 0.6) is 11.5 Å². The number of rotatable bonds is 5. The number of carbonyl (C=O) groups excluding carboxylic acids is 1. The molecule has 0 spiro atoms. The second kappa shape index (κ2) is 9.57. The summed E-state index contributed by atoms with van der Waals surface area (Å²) in [7, 11) is 3.21. The average Bonchev–Trinajstić information content (AvgIpc) is 3.09. The van der Waals surface area contributed by atoms with Crippen molar-refractivity contribution >= 4 is 62.9 Å². The molecule has 0 N–H and O–H groups in total. The minimum absolute atomic E-state index is 0.115. The molecule has 1 saturated heterocycles. The maximum Gasteiger partial charge on any atom is 0.271 e. The molecule has 5 nitrogen and oxygen atoms in total. The van der Waals surface area contributed by atoms with Crippen LogP contribution >= 0.6 is 34.4 Å². The molecule has 4 rings (SSSR count). The Morgan fingerprint density at radius 3 is 2.29 bits per heavy atom. The highest BCUT2D eigenvalue weighted by Gasteiger charge is 2.34. The van der Waals surface area contributed by atoms with Gasteiger partial charge in [0.25, 0.3) is 5.91 Å². The third-order valence-corrected chi connectivity index (χ3v) is 6.33. The molecule has 1 heterocycles. The van der Waals surface area contributed by atoms with Gasteiger partial charge in [-0.3, -0.25) is 9.69 Å². The Morgan fingerprint density at radius 2 is 1.65 bits per heavy atom. The number of ether oxygens (including phenoxy) is 2. The number of benzene rings is 3. The summed E-state index contributed by atoms with van der Waals surface area (Å²) in [6.45, 7) is 0. The number of aliphatic imine (C=N–C) groups is 1. The highest BCUT2D eigenvalue weighted by molar-refractivity contribution is 14.1. The van der Waals surface area contributed by atoms with Gasteiger partial charge in [-0.05, 0) is 82.4 Å². The molecule has 3 aromatic carbocycles. The lowest BCUT2D eigenvalue weighted by molar-refractivity contribution is -0.113. The number of para-hydroxylation sites is 2. The van der Waals surface area contributed by atoms with Crippen molar-refractivity contribution in [2.24, 2.45) is 4.99 Å². The molecule has 156 valence electrons. The topological polar surface area (TPSA) is 51.1 Å². The van der Waals surface area contributed by atoms with Crippen LogP contribution in [0.2, 0.25) is 0 Å². The lowest BCUT2D eigenvalue weighted by Crippen LogP contribution is -2.28. The third kappa shape index (κ3) is 4.62. The van der Waals surface area contributed by atoms with Crippen LogP contribution in [0.15, 0.2) is 82.7 Å². The van der Waals surface area contributed by atoms with Gasteiger partial charge in [-0.2, -0.15) is 0 Å². The van der Waals surface area contributed by atoms with Crippen molar-refractivity contribution in [3.63, 3.8) is 0 Å². The van der Waals surface area contributed by atoms with Gasteiger partial charge in [0.05, 0.1) is 34.1 Å². The molecule has 0 saturated carbocycles. The first-order valence-electron chi connectivity index (χ1n) is 9.45. The Labute approximate surface area is 198 Å². The number of halogens is 1. The summed E-state index contributed by atoms with van der Waals surface area (Å²) in [6, 6.07) is 23.0. The Kier molecular flexibility index (Phi) is 6.62. The van der Waals surface area contributed by atoms with Crippen molar-refractivity contribution in [3.8, 4) is 11.5 Å². The Bertz CT molecular complexity index is 1160. The fraction of sp³-hybridized carbons (Fsp3) is 0.0833. The molecule has 0 aromatic heterocycles. The molecule has 1 aliphatic heterocycles. The van der Waals surface area contributed by atoms with E-state index in [1.54, 1.807) is 19.1 Å². The lowest BCUT2D eigenvalue weighted by atomic mass is 10.2. The highest BCUT2D eigenvalue weighted by Crippen LogP contribution is 2.39. The van der Waals surface area contributed by atoms with Crippen LogP contribution in [-0.2, 0) is 4.79 Å². The van der Waals surface area contributed by atoms with E-state index in [9.17, 15) is 4.79 Å². The van der Waals surface area contributed by atoms with Gasteiger partial charge in [-0.15, -0.1) is 0 Å². The zero-order valence-electron chi connectivity index (χ0n) is 16.9. The maximum atomic E-state index is 13.4. The number of methoxy groups -OCH3 is 2. The van der Waals surface area contributed by atoms with Gasteiger partial charge < -0.3 is 9.47 Å². The molecular weight excluding hydrogens is 523 g/mol. The third-order valence-electron chi connectivity index (χ3n) is 4.56. The van der Waals surface area contributed by atoms with E-state index in [-0.39, 0.29) is 5.91 Å². The van der Waals surface area contributed by atoms with E-state index in [0.717, 1.165) is 20.5 Å². The summed E-state index contributed by atoms with van der Waals surface area (Å²) in [5.41, 5.74) is 2.42. The average molecular weight is 542 g/mol. The molecule has 1 fully saturated rings. The van der Waals surface area contributed by atoms with Crippen LogP contribution in [0.4, 0.5) is 11.4 Å². The standard InChI is InChI=1S/C24H19IN2O3S/c1-29-20-14-16(13-19(25)22(20)30-2)15-21-23(28)27(18-11-7-4-8-12-18)24(31-21)26-17-9-5-3-6-10-17/h3-15H,1-2H3/b21-15-,26-24?. The van der Waals surface area contributed by atoms with Crippen molar-refractivity contribution < 1.29 is 14.3 Å². The van der Waals surface area contributed by atoms with Crippen molar-refractivity contribution in [1.29, 1.82) is 0 Å². The monoisotopic (exact) mass is 542 g/mol. The Hall–Kier alpha value is -2.78. The van der Waals surface area contributed by atoms with Crippen LogP contribution in [-0.4, -0.2) is 25.3 Å². The van der Waals surface area contributed by atoms with Crippen LogP contribution in [0.3, 0.4) is 0 Å². The van der Waals surface area contributed by atoms with Crippen LogP contribution in [0.25, 0.3) is 6.08 Å². The molecule has 1 aliphatic rings. The van der Waals surface area contributed by atoms with E-state index in [0.29, 0.717) is 21.6 Å². The largest absolute Gasteiger partial charge is 0.493 e. The number of thioether (sulfide) groups is 1. The lowest BCUT2D eigenvalue weighted by Gasteiger charge is -2.15. The minimum atomic E-state index is -0.115. The van der Waals surface area contributed by atoms with Gasteiger partial charge >= 0.3 is 0 Å². The van der Waals surface area contributed by atoms with E-state index in [2.05, 4.69) is 22.6 Å². The summed E-state index contributed by atoms with van der Waals surface area (Å²) < 4.78 is 11.8. The number of amidine groups is 1. The Balaban J connectivity index is 1.77.